The molecule has 2 aromatic carbocycles. The van der Waals surface area contributed by atoms with Crippen molar-refractivity contribution in [2.75, 3.05) is 12.4 Å². The van der Waals surface area contributed by atoms with E-state index in [-0.39, 0.29) is 5.91 Å². The number of hydrogen-bond donors (Lipinski definition) is 1. The smallest absolute Gasteiger partial charge is 0.276 e. The highest BCUT2D eigenvalue weighted by Crippen LogP contribution is 2.37. The lowest BCUT2D eigenvalue weighted by Gasteiger charge is -2.13. The Kier molecular flexibility index (Phi) is 5.51. The molecule has 5 aromatic rings. The minimum atomic E-state index is -0.324. The molecule has 170 valence electrons. The normalized spacial score (nSPS) is 11.0. The molecular weight excluding hydrogens is 430 g/mol. The maximum atomic E-state index is 12.9. The first kappa shape index (κ1) is 21.3. The van der Waals surface area contributed by atoms with Crippen LogP contribution in [0, 0.1) is 0 Å². The predicted molar refractivity (Wildman–Crippen MR) is 130 cm³/mol. The van der Waals surface area contributed by atoms with E-state index < -0.39 is 0 Å². The first-order chi connectivity index (χ1) is 16.6. The molecule has 0 unspecified atom stereocenters. The number of nitrogens with zero attached hydrogens (tertiary/aromatic N) is 6. The van der Waals surface area contributed by atoms with Crippen molar-refractivity contribution in [3.8, 4) is 28.3 Å². The van der Waals surface area contributed by atoms with Crippen molar-refractivity contribution in [2.24, 2.45) is 7.05 Å². The fourth-order valence-corrected chi connectivity index (χ4v) is 3.88. The summed E-state index contributed by atoms with van der Waals surface area (Å²) in [6.45, 7) is 2.65. The van der Waals surface area contributed by atoms with E-state index in [0.29, 0.717) is 34.9 Å². The summed E-state index contributed by atoms with van der Waals surface area (Å²) >= 11 is 0. The zero-order valence-electron chi connectivity index (χ0n) is 19.1. The number of fused-ring (bicyclic) bond motifs is 1. The van der Waals surface area contributed by atoms with Gasteiger partial charge in [0, 0.05) is 48.6 Å². The number of hydrogen-bond acceptors (Lipinski definition) is 6. The van der Waals surface area contributed by atoms with Gasteiger partial charge in [0.25, 0.3) is 5.91 Å². The maximum Gasteiger partial charge on any atom is 0.276 e. The summed E-state index contributed by atoms with van der Waals surface area (Å²) in [7, 11) is 3.43. The number of ether oxygens (including phenoxy) is 1. The first-order valence-corrected chi connectivity index (χ1v) is 10.8. The van der Waals surface area contributed by atoms with Crippen molar-refractivity contribution >= 4 is 22.5 Å². The molecule has 0 saturated carbocycles. The summed E-state index contributed by atoms with van der Waals surface area (Å²) in [5.74, 6) is 0.171. The molecule has 0 spiro atoms. The minimum Gasteiger partial charge on any atom is -0.494 e. The highest BCUT2D eigenvalue weighted by Gasteiger charge is 2.19. The third-order valence-electron chi connectivity index (χ3n) is 5.53. The van der Waals surface area contributed by atoms with E-state index in [1.54, 1.807) is 34.8 Å². The zero-order chi connectivity index (χ0) is 23.7. The lowest BCUT2D eigenvalue weighted by Crippen LogP contribution is -2.14. The Morgan fingerprint density at radius 2 is 1.88 bits per heavy atom. The number of carbonyl (C=O) groups excluding carboxylic acids is 1. The molecule has 1 N–H and O–H groups in total. The van der Waals surface area contributed by atoms with Crippen LogP contribution in [0.1, 0.15) is 17.4 Å². The first-order valence-electron chi connectivity index (χ1n) is 10.8. The number of amides is 1. The molecule has 1 amide bonds. The van der Waals surface area contributed by atoms with Crippen molar-refractivity contribution in [1.82, 2.24) is 29.5 Å². The molecule has 5 rings (SSSR count). The van der Waals surface area contributed by atoms with Crippen LogP contribution in [-0.4, -0.2) is 42.5 Å². The predicted octanol–water partition coefficient (Wildman–Crippen LogP) is 4.17. The Balaban J connectivity index is 1.62. The summed E-state index contributed by atoms with van der Waals surface area (Å²) in [6, 6.07) is 15.3. The standard InChI is InChI=1S/C25H23N7O2/c1-4-32-11-10-19(29-32)25(33)28-21-12-17-20(13-22(21)34-3)26-15-27-24(17)18-14-31(2)30-23(18)16-8-6-5-7-9-16/h5-15H,4H2,1-3H3,(H,28,33). The summed E-state index contributed by atoms with van der Waals surface area (Å²) in [5.41, 5.74) is 4.90. The Labute approximate surface area is 196 Å². The molecule has 0 aliphatic rings. The van der Waals surface area contributed by atoms with Crippen LogP contribution in [-0.2, 0) is 13.6 Å². The molecular formula is C25H23N7O2. The molecule has 3 heterocycles. The van der Waals surface area contributed by atoms with Gasteiger partial charge < -0.3 is 10.1 Å². The molecule has 3 aromatic heterocycles. The minimum absolute atomic E-state index is 0.324. The topological polar surface area (TPSA) is 99.8 Å². The third-order valence-corrected chi connectivity index (χ3v) is 5.53. The van der Waals surface area contributed by atoms with Gasteiger partial charge in [-0.15, -0.1) is 0 Å². The van der Waals surface area contributed by atoms with Gasteiger partial charge in [-0.1, -0.05) is 30.3 Å². The number of carbonyl (C=O) groups is 1. The molecule has 0 aliphatic carbocycles. The van der Waals surface area contributed by atoms with Crippen LogP contribution < -0.4 is 10.1 Å². The maximum absolute atomic E-state index is 12.9. The molecule has 0 radical (unpaired) electrons. The average Bonchev–Trinajstić information content (AvgIpc) is 3.50. The zero-order valence-corrected chi connectivity index (χ0v) is 19.1. The van der Waals surface area contributed by atoms with E-state index >= 15 is 0 Å². The third kappa shape index (κ3) is 3.88. The van der Waals surface area contributed by atoms with Crippen LogP contribution in [0.4, 0.5) is 5.69 Å². The molecule has 0 saturated heterocycles. The van der Waals surface area contributed by atoms with Crippen LogP contribution in [0.5, 0.6) is 5.75 Å². The van der Waals surface area contributed by atoms with Crippen LogP contribution >= 0.6 is 0 Å². The number of nitrogens with one attached hydrogen (secondary N) is 1. The highest BCUT2D eigenvalue weighted by atomic mass is 16.5. The van der Waals surface area contributed by atoms with E-state index in [9.17, 15) is 4.79 Å². The molecule has 0 bridgehead atoms. The van der Waals surface area contributed by atoms with Gasteiger partial charge >= 0.3 is 0 Å². The number of aryl methyl sites for hydroxylation is 2. The van der Waals surface area contributed by atoms with E-state index in [2.05, 4.69) is 25.5 Å². The summed E-state index contributed by atoms with van der Waals surface area (Å²) in [6.07, 6.45) is 5.23. The monoisotopic (exact) mass is 453 g/mol. The van der Waals surface area contributed by atoms with Crippen molar-refractivity contribution in [1.29, 1.82) is 0 Å². The Hall–Kier alpha value is -4.53. The second-order valence-electron chi connectivity index (χ2n) is 7.73. The molecule has 34 heavy (non-hydrogen) atoms. The molecule has 9 heteroatoms. The highest BCUT2D eigenvalue weighted by molar-refractivity contribution is 6.06. The molecule has 0 atom stereocenters. The van der Waals surface area contributed by atoms with E-state index in [1.165, 1.54) is 6.33 Å². The molecule has 0 fully saturated rings. The largest absolute Gasteiger partial charge is 0.494 e. The molecule has 9 nitrogen and oxygen atoms in total. The van der Waals surface area contributed by atoms with Gasteiger partial charge in [0.2, 0.25) is 0 Å². The lowest BCUT2D eigenvalue weighted by atomic mass is 10.0. The number of aromatic nitrogens is 6. The van der Waals surface area contributed by atoms with Gasteiger partial charge in [-0.25, -0.2) is 9.97 Å². The van der Waals surface area contributed by atoms with Gasteiger partial charge in [0.1, 0.15) is 17.8 Å². The van der Waals surface area contributed by atoms with Gasteiger partial charge in [-0.05, 0) is 19.1 Å². The van der Waals surface area contributed by atoms with Gasteiger partial charge in [0.05, 0.1) is 24.0 Å². The van der Waals surface area contributed by atoms with Crippen LogP contribution in [0.2, 0.25) is 0 Å². The summed E-state index contributed by atoms with van der Waals surface area (Å²) in [5, 5.41) is 12.6. The second kappa shape index (κ2) is 8.78. The van der Waals surface area contributed by atoms with Gasteiger partial charge in [0.15, 0.2) is 5.69 Å². The SMILES string of the molecule is CCn1ccc(C(=O)Nc2cc3c(-c4cn(C)nc4-c4ccccc4)ncnc3cc2OC)n1. The van der Waals surface area contributed by atoms with Crippen molar-refractivity contribution < 1.29 is 9.53 Å². The number of anilines is 1. The fourth-order valence-electron chi connectivity index (χ4n) is 3.88. The number of rotatable bonds is 6. The summed E-state index contributed by atoms with van der Waals surface area (Å²) in [4.78, 5) is 21.9. The van der Waals surface area contributed by atoms with Crippen LogP contribution in [0.25, 0.3) is 33.4 Å². The lowest BCUT2D eigenvalue weighted by molar-refractivity contribution is 0.102. The number of methoxy groups -OCH3 is 1. The second-order valence-corrected chi connectivity index (χ2v) is 7.73. The van der Waals surface area contributed by atoms with Crippen molar-refractivity contribution in [3.05, 3.63) is 72.9 Å². The van der Waals surface area contributed by atoms with E-state index in [4.69, 9.17) is 4.74 Å². The van der Waals surface area contributed by atoms with Crippen LogP contribution in [0.15, 0.2) is 67.3 Å². The Morgan fingerprint density at radius 1 is 1.06 bits per heavy atom. The van der Waals surface area contributed by atoms with Crippen LogP contribution in [0.3, 0.4) is 0 Å². The summed E-state index contributed by atoms with van der Waals surface area (Å²) < 4.78 is 9.01. The van der Waals surface area contributed by atoms with Crippen molar-refractivity contribution in [3.63, 3.8) is 0 Å². The number of benzene rings is 2. The van der Waals surface area contributed by atoms with Gasteiger partial charge in [-0.3, -0.25) is 14.2 Å². The van der Waals surface area contributed by atoms with E-state index in [1.807, 2.05) is 56.6 Å². The van der Waals surface area contributed by atoms with Gasteiger partial charge in [-0.2, -0.15) is 10.2 Å². The average molecular weight is 454 g/mol. The fraction of sp³-hybridized carbons (Fsp3) is 0.160. The Bertz CT molecular complexity index is 1490. The van der Waals surface area contributed by atoms with E-state index in [0.717, 1.165) is 22.2 Å². The van der Waals surface area contributed by atoms with Crippen molar-refractivity contribution in [2.45, 2.75) is 13.5 Å². The molecule has 0 aliphatic heterocycles. The quantitative estimate of drug-likeness (QED) is 0.414. The Morgan fingerprint density at radius 3 is 2.62 bits per heavy atom.